The fraction of sp³-hybridized carbons (Fsp3) is 0.400. The molecule has 2 aromatic heterocycles. The number of carbonyl (C=O) groups excluding carboxylic acids is 2. The second kappa shape index (κ2) is 8.85. The van der Waals surface area contributed by atoms with Crippen molar-refractivity contribution in [2.24, 2.45) is 0 Å². The summed E-state index contributed by atoms with van der Waals surface area (Å²) >= 11 is 0. The van der Waals surface area contributed by atoms with Gasteiger partial charge >= 0.3 is 0 Å². The van der Waals surface area contributed by atoms with E-state index in [1.165, 1.54) is 16.6 Å². The molecule has 30 heavy (non-hydrogen) atoms. The zero-order chi connectivity index (χ0) is 20.9. The molecule has 2 amide bonds. The van der Waals surface area contributed by atoms with Crippen molar-refractivity contribution in [3.63, 3.8) is 0 Å². The Balaban J connectivity index is 1.23. The molecule has 0 spiro atoms. The van der Waals surface area contributed by atoms with Crippen LogP contribution in [0.3, 0.4) is 0 Å². The van der Waals surface area contributed by atoms with Crippen molar-refractivity contribution >= 4 is 11.8 Å². The lowest BCUT2D eigenvalue weighted by atomic mass is 10.1. The van der Waals surface area contributed by atoms with Crippen LogP contribution < -0.4 is 0 Å². The molecular formula is C20H23N7O3. The maximum absolute atomic E-state index is 12.5. The number of carbonyl (C=O) groups is 2. The van der Waals surface area contributed by atoms with E-state index in [4.69, 9.17) is 4.42 Å². The van der Waals surface area contributed by atoms with Crippen molar-refractivity contribution in [2.75, 3.05) is 26.2 Å². The Bertz CT molecular complexity index is 990. The van der Waals surface area contributed by atoms with Crippen LogP contribution in [0.15, 0.2) is 41.2 Å². The number of oxazole rings is 1. The normalized spacial score (nSPS) is 14.2. The number of benzene rings is 1. The van der Waals surface area contributed by atoms with Crippen LogP contribution in [-0.2, 0) is 22.6 Å². The van der Waals surface area contributed by atoms with Crippen molar-refractivity contribution in [1.82, 2.24) is 35.0 Å². The van der Waals surface area contributed by atoms with Crippen molar-refractivity contribution in [1.29, 1.82) is 0 Å². The molecular weight excluding hydrogens is 386 g/mol. The summed E-state index contributed by atoms with van der Waals surface area (Å²) in [6.07, 6.45) is 3.87. The van der Waals surface area contributed by atoms with Crippen LogP contribution in [0.4, 0.5) is 0 Å². The predicted molar refractivity (Wildman–Crippen MR) is 106 cm³/mol. The Labute approximate surface area is 173 Å². The lowest BCUT2D eigenvalue weighted by Gasteiger charge is -2.34. The van der Waals surface area contributed by atoms with Crippen LogP contribution in [0.2, 0.25) is 0 Å². The lowest BCUT2D eigenvalue weighted by Crippen LogP contribution is -2.51. The third-order valence-electron chi connectivity index (χ3n) is 5.12. The maximum Gasteiger partial charge on any atom is 0.244 e. The van der Waals surface area contributed by atoms with Gasteiger partial charge in [0, 0.05) is 44.6 Å². The number of hydrogen-bond donors (Lipinski definition) is 0. The number of aryl methyl sites for hydroxylation is 2. The quantitative estimate of drug-likeness (QED) is 0.596. The summed E-state index contributed by atoms with van der Waals surface area (Å²) in [6, 6.07) is 8.03. The Hall–Kier alpha value is -3.56. The molecule has 0 atom stereocenters. The minimum atomic E-state index is -0.0576. The summed E-state index contributed by atoms with van der Waals surface area (Å²) in [7, 11) is 0. The van der Waals surface area contributed by atoms with E-state index in [1.54, 1.807) is 16.0 Å². The van der Waals surface area contributed by atoms with Crippen LogP contribution in [0.1, 0.15) is 17.9 Å². The first-order valence-corrected chi connectivity index (χ1v) is 9.86. The van der Waals surface area contributed by atoms with Gasteiger partial charge < -0.3 is 14.2 Å². The molecule has 0 radical (unpaired) electrons. The van der Waals surface area contributed by atoms with Gasteiger partial charge in [0.2, 0.25) is 11.8 Å². The summed E-state index contributed by atoms with van der Waals surface area (Å²) in [6.45, 7) is 4.17. The zero-order valence-electron chi connectivity index (χ0n) is 16.8. The summed E-state index contributed by atoms with van der Waals surface area (Å²) < 4.78 is 7.18. The number of aromatic nitrogens is 5. The van der Waals surface area contributed by atoms with E-state index >= 15 is 0 Å². The smallest absolute Gasteiger partial charge is 0.244 e. The first-order chi connectivity index (χ1) is 14.6. The van der Waals surface area contributed by atoms with E-state index in [1.807, 2.05) is 31.2 Å². The van der Waals surface area contributed by atoms with Gasteiger partial charge in [-0.3, -0.25) is 9.59 Å². The molecule has 1 aromatic carbocycles. The number of amides is 2. The highest BCUT2D eigenvalue weighted by atomic mass is 16.4. The molecule has 4 rings (SSSR count). The molecule has 0 bridgehead atoms. The van der Waals surface area contributed by atoms with Crippen LogP contribution in [0.25, 0.3) is 11.3 Å². The number of piperazine rings is 1. The second-order valence-corrected chi connectivity index (χ2v) is 7.25. The average molecular weight is 409 g/mol. The van der Waals surface area contributed by atoms with Gasteiger partial charge in [0.15, 0.2) is 11.7 Å². The highest BCUT2D eigenvalue weighted by Gasteiger charge is 2.24. The second-order valence-electron chi connectivity index (χ2n) is 7.25. The van der Waals surface area contributed by atoms with Gasteiger partial charge in [0.25, 0.3) is 0 Å². The number of tetrazole rings is 1. The summed E-state index contributed by atoms with van der Waals surface area (Å²) in [5, 5.41) is 10.7. The van der Waals surface area contributed by atoms with Gasteiger partial charge in [-0.2, -0.15) is 0 Å². The largest absolute Gasteiger partial charge is 0.441 e. The molecule has 3 aromatic rings. The van der Waals surface area contributed by atoms with Crippen molar-refractivity contribution in [2.45, 2.75) is 26.3 Å². The monoisotopic (exact) mass is 409 g/mol. The maximum atomic E-state index is 12.5. The molecule has 10 heteroatoms. The molecule has 156 valence electrons. The van der Waals surface area contributed by atoms with Gasteiger partial charge in [0.05, 0.1) is 6.20 Å². The molecule has 1 aliphatic heterocycles. The van der Waals surface area contributed by atoms with E-state index in [-0.39, 0.29) is 18.4 Å². The molecule has 0 aliphatic carbocycles. The molecule has 1 aliphatic rings. The predicted octanol–water partition coefficient (Wildman–Crippen LogP) is 0.940. The first-order valence-electron chi connectivity index (χ1n) is 9.86. The highest BCUT2D eigenvalue weighted by Crippen LogP contribution is 2.21. The fourth-order valence-electron chi connectivity index (χ4n) is 3.35. The molecule has 0 saturated carbocycles. The van der Waals surface area contributed by atoms with E-state index in [0.717, 1.165) is 5.56 Å². The van der Waals surface area contributed by atoms with Gasteiger partial charge in [-0.25, -0.2) is 9.67 Å². The van der Waals surface area contributed by atoms with E-state index in [9.17, 15) is 9.59 Å². The van der Waals surface area contributed by atoms with E-state index in [2.05, 4.69) is 20.5 Å². The molecule has 10 nitrogen and oxygen atoms in total. The summed E-state index contributed by atoms with van der Waals surface area (Å²) in [4.78, 5) is 32.6. The Morgan fingerprint density at radius 3 is 2.40 bits per heavy atom. The number of hydrogen-bond acceptors (Lipinski definition) is 7. The lowest BCUT2D eigenvalue weighted by molar-refractivity contribution is -0.140. The first kappa shape index (κ1) is 19.7. The van der Waals surface area contributed by atoms with Crippen LogP contribution in [0.5, 0.6) is 0 Å². The molecule has 0 unspecified atom stereocenters. The topological polar surface area (TPSA) is 110 Å². The van der Waals surface area contributed by atoms with Crippen molar-refractivity contribution in [3.8, 4) is 11.3 Å². The standard InChI is InChI=1S/C20H23N7O3/c1-15-2-4-16(5-3-15)17-12-21-18(30-17)6-7-19(28)25-8-10-26(11-9-25)20(29)13-27-14-22-23-24-27/h2-5,12,14H,6-11,13H2,1H3. The van der Waals surface area contributed by atoms with Crippen LogP contribution >= 0.6 is 0 Å². The number of nitrogens with zero attached hydrogens (tertiary/aromatic N) is 7. The minimum absolute atomic E-state index is 0.0395. The Kier molecular flexibility index (Phi) is 5.82. The van der Waals surface area contributed by atoms with Crippen LogP contribution in [-0.4, -0.2) is 73.0 Å². The van der Waals surface area contributed by atoms with Gasteiger partial charge in [-0.1, -0.05) is 29.8 Å². The highest BCUT2D eigenvalue weighted by molar-refractivity contribution is 5.78. The van der Waals surface area contributed by atoms with Crippen molar-refractivity contribution < 1.29 is 14.0 Å². The molecule has 1 saturated heterocycles. The minimum Gasteiger partial charge on any atom is -0.441 e. The van der Waals surface area contributed by atoms with E-state index < -0.39 is 0 Å². The summed E-state index contributed by atoms with van der Waals surface area (Å²) in [5.74, 6) is 1.23. The third kappa shape index (κ3) is 4.70. The molecule has 1 fully saturated rings. The van der Waals surface area contributed by atoms with Gasteiger partial charge in [-0.05, 0) is 17.4 Å². The van der Waals surface area contributed by atoms with Crippen molar-refractivity contribution in [3.05, 3.63) is 48.2 Å². The van der Waals surface area contributed by atoms with Crippen LogP contribution in [0, 0.1) is 6.92 Å². The average Bonchev–Trinajstić information content (AvgIpc) is 3.45. The summed E-state index contributed by atoms with van der Waals surface area (Å²) in [5.41, 5.74) is 2.15. The zero-order valence-corrected chi connectivity index (χ0v) is 16.8. The van der Waals surface area contributed by atoms with E-state index in [0.29, 0.717) is 50.7 Å². The Morgan fingerprint density at radius 1 is 1.03 bits per heavy atom. The fourth-order valence-corrected chi connectivity index (χ4v) is 3.35. The van der Waals surface area contributed by atoms with Gasteiger partial charge in [0.1, 0.15) is 12.9 Å². The molecule has 0 N–H and O–H groups in total. The SMILES string of the molecule is Cc1ccc(-c2cnc(CCC(=O)N3CCN(C(=O)Cn4cnnn4)CC3)o2)cc1. The third-order valence-corrected chi connectivity index (χ3v) is 5.12. The molecule has 3 heterocycles. The van der Waals surface area contributed by atoms with Gasteiger partial charge in [-0.15, -0.1) is 5.10 Å². The number of rotatable bonds is 6. The Morgan fingerprint density at radius 2 is 1.73 bits per heavy atom.